The van der Waals surface area contributed by atoms with Gasteiger partial charge in [0.2, 0.25) is 0 Å². The number of oxazole rings is 1. The molecular weight excluding hydrogens is 282 g/mol. The molecule has 4 heterocycles. The van der Waals surface area contributed by atoms with E-state index in [-0.39, 0.29) is 0 Å². The summed E-state index contributed by atoms with van der Waals surface area (Å²) in [6.45, 7) is 4.66. The quantitative estimate of drug-likeness (QED) is 0.703. The Morgan fingerprint density at radius 1 is 1.36 bits per heavy atom. The first kappa shape index (κ1) is 13.2. The molecule has 0 saturated carbocycles. The maximum absolute atomic E-state index is 5.25. The van der Waals surface area contributed by atoms with Crippen LogP contribution in [0.5, 0.6) is 0 Å². The van der Waals surface area contributed by atoms with E-state index in [1.807, 2.05) is 19.1 Å². The highest BCUT2D eigenvalue weighted by molar-refractivity contribution is 5.47. The standard InChI is InChI=1S/C14H17N7O/c1-10-12(15-9-22-10)7-19(2)11-5-20(6-11)14-4-3-13-17-16-8-21(13)18-14/h3-4,8-9,11H,5-7H2,1-2H3. The summed E-state index contributed by atoms with van der Waals surface area (Å²) in [4.78, 5) is 8.80. The average molecular weight is 299 g/mol. The molecule has 0 aliphatic carbocycles. The van der Waals surface area contributed by atoms with Gasteiger partial charge in [-0.25, -0.2) is 4.98 Å². The van der Waals surface area contributed by atoms with Crippen LogP contribution in [0.1, 0.15) is 11.5 Å². The SMILES string of the molecule is Cc1ocnc1CN(C)C1CN(c2ccc3nncn3n2)C1. The molecule has 1 fully saturated rings. The van der Waals surface area contributed by atoms with Crippen molar-refractivity contribution in [3.05, 3.63) is 36.3 Å². The minimum Gasteiger partial charge on any atom is -0.448 e. The number of hydrogen-bond donors (Lipinski definition) is 0. The third-order valence-corrected chi connectivity index (χ3v) is 4.20. The fraction of sp³-hybridized carbons (Fsp3) is 0.429. The van der Waals surface area contributed by atoms with E-state index in [9.17, 15) is 0 Å². The Bertz CT molecular complexity index is 789. The molecule has 114 valence electrons. The van der Waals surface area contributed by atoms with Gasteiger partial charge in [0, 0.05) is 25.7 Å². The van der Waals surface area contributed by atoms with E-state index in [0.717, 1.165) is 42.6 Å². The van der Waals surface area contributed by atoms with E-state index in [1.165, 1.54) is 6.39 Å². The lowest BCUT2D eigenvalue weighted by Gasteiger charge is -2.44. The van der Waals surface area contributed by atoms with Crippen LogP contribution < -0.4 is 4.90 Å². The van der Waals surface area contributed by atoms with Crippen molar-refractivity contribution in [3.63, 3.8) is 0 Å². The Labute approximate surface area is 127 Å². The predicted molar refractivity (Wildman–Crippen MR) is 79.5 cm³/mol. The van der Waals surface area contributed by atoms with E-state index in [1.54, 1.807) is 10.8 Å². The van der Waals surface area contributed by atoms with E-state index in [0.29, 0.717) is 6.04 Å². The molecule has 22 heavy (non-hydrogen) atoms. The fourth-order valence-corrected chi connectivity index (χ4v) is 2.65. The first-order valence-electron chi connectivity index (χ1n) is 7.22. The second kappa shape index (κ2) is 5.06. The van der Waals surface area contributed by atoms with Gasteiger partial charge < -0.3 is 9.32 Å². The van der Waals surface area contributed by atoms with Gasteiger partial charge in [0.1, 0.15) is 17.9 Å². The van der Waals surface area contributed by atoms with E-state index >= 15 is 0 Å². The second-order valence-corrected chi connectivity index (χ2v) is 5.65. The first-order valence-corrected chi connectivity index (χ1v) is 7.22. The van der Waals surface area contributed by atoms with E-state index < -0.39 is 0 Å². The summed E-state index contributed by atoms with van der Waals surface area (Å²) in [6.07, 6.45) is 3.12. The molecule has 0 unspecified atom stereocenters. The van der Waals surface area contributed by atoms with Gasteiger partial charge >= 0.3 is 0 Å². The van der Waals surface area contributed by atoms with Crippen LogP contribution in [0.25, 0.3) is 5.65 Å². The summed E-state index contributed by atoms with van der Waals surface area (Å²) in [6, 6.07) is 4.42. The number of likely N-dealkylation sites (N-methyl/N-ethyl adjacent to an activating group) is 1. The van der Waals surface area contributed by atoms with Gasteiger partial charge in [0.05, 0.1) is 5.69 Å². The average Bonchev–Trinajstić information content (AvgIpc) is 3.06. The van der Waals surface area contributed by atoms with Gasteiger partial charge in [-0.15, -0.1) is 15.3 Å². The Morgan fingerprint density at radius 2 is 2.23 bits per heavy atom. The maximum atomic E-state index is 5.25. The first-order chi connectivity index (χ1) is 10.7. The highest BCUT2D eigenvalue weighted by atomic mass is 16.3. The number of fused-ring (bicyclic) bond motifs is 1. The van der Waals surface area contributed by atoms with Crippen LogP contribution in [-0.4, -0.2) is 55.9 Å². The van der Waals surface area contributed by atoms with E-state index in [4.69, 9.17) is 4.42 Å². The largest absolute Gasteiger partial charge is 0.448 e. The van der Waals surface area contributed by atoms with Crippen molar-refractivity contribution in [1.29, 1.82) is 0 Å². The van der Waals surface area contributed by atoms with Crippen LogP contribution >= 0.6 is 0 Å². The van der Waals surface area contributed by atoms with Gasteiger partial charge in [-0.05, 0) is 26.1 Å². The number of hydrogen-bond acceptors (Lipinski definition) is 7. The molecule has 0 amide bonds. The molecule has 3 aromatic heterocycles. The lowest BCUT2D eigenvalue weighted by Crippen LogP contribution is -2.58. The van der Waals surface area contributed by atoms with Crippen molar-refractivity contribution in [2.24, 2.45) is 0 Å². The Hall–Kier alpha value is -2.48. The minimum atomic E-state index is 0.495. The highest BCUT2D eigenvalue weighted by Crippen LogP contribution is 2.22. The maximum Gasteiger partial charge on any atom is 0.181 e. The molecule has 0 radical (unpaired) electrons. The van der Waals surface area contributed by atoms with Crippen molar-refractivity contribution >= 4 is 11.5 Å². The molecule has 8 nitrogen and oxygen atoms in total. The Morgan fingerprint density at radius 3 is 3.00 bits per heavy atom. The zero-order valence-electron chi connectivity index (χ0n) is 12.5. The van der Waals surface area contributed by atoms with Crippen LogP contribution in [0, 0.1) is 6.92 Å². The monoisotopic (exact) mass is 299 g/mol. The van der Waals surface area contributed by atoms with Crippen LogP contribution in [0.2, 0.25) is 0 Å². The molecule has 0 atom stereocenters. The molecule has 0 spiro atoms. The molecular formula is C14H17N7O. The third-order valence-electron chi connectivity index (χ3n) is 4.20. The molecule has 1 aliphatic heterocycles. The van der Waals surface area contributed by atoms with Gasteiger partial charge in [-0.3, -0.25) is 4.90 Å². The topological polar surface area (TPSA) is 75.6 Å². The summed E-state index contributed by atoms with van der Waals surface area (Å²) < 4.78 is 6.95. The normalized spacial score (nSPS) is 15.7. The summed E-state index contributed by atoms with van der Waals surface area (Å²) >= 11 is 0. The molecule has 3 aromatic rings. The van der Waals surface area contributed by atoms with E-state index in [2.05, 4.69) is 37.1 Å². The molecule has 1 saturated heterocycles. The third kappa shape index (κ3) is 2.21. The van der Waals surface area contributed by atoms with Crippen LogP contribution in [0.3, 0.4) is 0 Å². The van der Waals surface area contributed by atoms with Crippen molar-refractivity contribution in [1.82, 2.24) is 29.7 Å². The van der Waals surface area contributed by atoms with Gasteiger partial charge in [-0.2, -0.15) is 4.52 Å². The second-order valence-electron chi connectivity index (χ2n) is 5.65. The van der Waals surface area contributed by atoms with Crippen molar-refractivity contribution in [2.45, 2.75) is 19.5 Å². The highest BCUT2D eigenvalue weighted by Gasteiger charge is 2.31. The molecule has 4 rings (SSSR count). The molecule has 8 heteroatoms. The van der Waals surface area contributed by atoms with Gasteiger partial charge in [0.15, 0.2) is 12.0 Å². The number of nitrogens with zero attached hydrogens (tertiary/aromatic N) is 7. The summed E-state index contributed by atoms with van der Waals surface area (Å²) in [5.41, 5.74) is 1.77. The van der Waals surface area contributed by atoms with Crippen molar-refractivity contribution < 1.29 is 4.42 Å². The Balaban J connectivity index is 1.39. The predicted octanol–water partition coefficient (Wildman–Crippen LogP) is 0.741. The lowest BCUT2D eigenvalue weighted by molar-refractivity contribution is 0.194. The summed E-state index contributed by atoms with van der Waals surface area (Å²) in [5.74, 6) is 1.84. The molecule has 1 aliphatic rings. The van der Waals surface area contributed by atoms with Crippen LogP contribution in [0.4, 0.5) is 5.82 Å². The Kier molecular flexibility index (Phi) is 3.04. The number of aromatic nitrogens is 5. The number of anilines is 1. The smallest absolute Gasteiger partial charge is 0.181 e. The van der Waals surface area contributed by atoms with Crippen molar-refractivity contribution in [2.75, 3.05) is 25.0 Å². The summed E-state index contributed by atoms with van der Waals surface area (Å²) in [5, 5.41) is 12.3. The molecule has 0 N–H and O–H groups in total. The fourth-order valence-electron chi connectivity index (χ4n) is 2.65. The minimum absolute atomic E-state index is 0.495. The van der Waals surface area contributed by atoms with Gasteiger partial charge in [0.25, 0.3) is 0 Å². The van der Waals surface area contributed by atoms with Crippen molar-refractivity contribution in [3.8, 4) is 0 Å². The van der Waals surface area contributed by atoms with Crippen LogP contribution in [0.15, 0.2) is 29.3 Å². The molecule has 0 bridgehead atoms. The van der Waals surface area contributed by atoms with Crippen LogP contribution in [-0.2, 0) is 6.54 Å². The molecule has 0 aromatic carbocycles. The van der Waals surface area contributed by atoms with Gasteiger partial charge in [-0.1, -0.05) is 0 Å². The zero-order valence-corrected chi connectivity index (χ0v) is 12.5. The summed E-state index contributed by atoms with van der Waals surface area (Å²) in [7, 11) is 2.12. The number of rotatable bonds is 4. The number of aryl methyl sites for hydroxylation is 1. The lowest BCUT2D eigenvalue weighted by atomic mass is 10.1. The zero-order chi connectivity index (χ0) is 15.1.